The standard InChI is InChI=1S/C69H78O4P4/c1-13-75(61-34-16-25-52(4)43-61,62-35-17-26-53(5)44-62,63-36-18-27-54(6)45-63)71-74(70,72-76(14-2,64-37-19-28-55(7)46-64,65-38-20-29-56(8)47-65)66-39-21-30-57(9)48-66)73-77(15-3,67-40-22-31-58(10)49-67,68-41-23-32-59(11)50-68)69-42-24-33-60(12)51-69/h16-51H,13-15H2,1-12H3. The molecule has 9 rings (SSSR count). The van der Waals surface area contributed by atoms with Crippen molar-refractivity contribution in [3.63, 3.8) is 0 Å². The first-order chi connectivity index (χ1) is 36.8. The van der Waals surface area contributed by atoms with E-state index in [1.807, 2.05) is 0 Å². The predicted octanol–water partition coefficient (Wildman–Crippen LogP) is 15.3. The summed E-state index contributed by atoms with van der Waals surface area (Å²) >= 11 is 0. The monoisotopic (exact) mass is 1090 g/mol. The van der Waals surface area contributed by atoms with Crippen LogP contribution in [-0.4, -0.2) is 18.5 Å². The SMILES string of the molecule is CCP(OP(=O)(OP(CC)(c1cccc(C)c1)(c1cccc(C)c1)c1cccc(C)c1)OP(CC)(c1cccc(C)c1)(c1cccc(C)c1)c1cccc(C)c1)(c1cccc(C)c1)(c1cccc(C)c1)c1cccc(C)c1. The van der Waals surface area contributed by atoms with Gasteiger partial charge in [-0.1, -0.05) is 0 Å². The molecule has 0 amide bonds. The van der Waals surface area contributed by atoms with E-state index in [2.05, 4.69) is 301 Å². The molecule has 9 aromatic rings. The normalized spacial score (nSPS) is 14.5. The molecule has 0 aliphatic rings. The summed E-state index contributed by atoms with van der Waals surface area (Å²) in [5.74, 6) is 0. The molecule has 0 saturated carbocycles. The number of aryl methyl sites for hydroxylation is 9. The van der Waals surface area contributed by atoms with Crippen LogP contribution in [0.25, 0.3) is 0 Å². The van der Waals surface area contributed by atoms with Gasteiger partial charge in [0.05, 0.1) is 0 Å². The Kier molecular flexibility index (Phi) is 15.5. The molecule has 0 aliphatic heterocycles. The Morgan fingerprint density at radius 3 is 0.494 bits per heavy atom. The molecule has 8 heteroatoms. The number of phosphoric acid groups is 1. The van der Waals surface area contributed by atoms with Crippen LogP contribution in [0.4, 0.5) is 0 Å². The van der Waals surface area contributed by atoms with Gasteiger partial charge in [0.2, 0.25) is 0 Å². The summed E-state index contributed by atoms with van der Waals surface area (Å²) in [7, 11) is -5.28. The predicted molar refractivity (Wildman–Crippen MR) is 341 cm³/mol. The van der Waals surface area contributed by atoms with E-state index >= 15 is 4.57 Å². The number of rotatable bonds is 18. The molecule has 0 aromatic heterocycles. The van der Waals surface area contributed by atoms with Crippen molar-refractivity contribution in [2.75, 3.05) is 18.5 Å². The second kappa shape index (κ2) is 21.2. The molecule has 0 radical (unpaired) electrons. The summed E-state index contributed by atoms with van der Waals surface area (Å²) in [5.41, 5.74) is 9.55. The van der Waals surface area contributed by atoms with Gasteiger partial charge in [-0.2, -0.15) is 0 Å². The second-order valence-corrected chi connectivity index (χ2v) is 38.5. The molecule has 0 unspecified atom stereocenters. The average molecular weight is 1100 g/mol. The molecular formula is C69H78O4P4. The van der Waals surface area contributed by atoms with Crippen molar-refractivity contribution in [3.05, 3.63) is 268 Å². The molecule has 77 heavy (non-hydrogen) atoms. The topological polar surface area (TPSA) is 44.8 Å². The Balaban J connectivity index is 1.61. The molecule has 9 aromatic carbocycles. The van der Waals surface area contributed by atoms with Gasteiger partial charge in [0.25, 0.3) is 0 Å². The summed E-state index contributed by atoms with van der Waals surface area (Å²) in [5, 5.41) is 8.49. The van der Waals surface area contributed by atoms with Crippen LogP contribution in [0.15, 0.2) is 218 Å². The zero-order valence-corrected chi connectivity index (χ0v) is 50.9. The average Bonchev–Trinajstić information content (AvgIpc) is 3.49. The second-order valence-electron chi connectivity index (χ2n) is 21.8. The van der Waals surface area contributed by atoms with Gasteiger partial charge in [-0.05, 0) is 0 Å². The number of benzene rings is 9. The van der Waals surface area contributed by atoms with Gasteiger partial charge in [-0.25, -0.2) is 0 Å². The Morgan fingerprint density at radius 1 is 0.260 bits per heavy atom. The van der Waals surface area contributed by atoms with Crippen LogP contribution in [0, 0.1) is 62.3 Å². The Bertz CT molecular complexity index is 2990. The minimum atomic E-state index is -5.28. The van der Waals surface area contributed by atoms with E-state index in [9.17, 15) is 0 Å². The summed E-state index contributed by atoms with van der Waals surface area (Å²) < 4.78 is 46.3. The van der Waals surface area contributed by atoms with E-state index in [4.69, 9.17) is 12.9 Å². The third-order valence-corrected chi connectivity index (χ3v) is 39.3. The van der Waals surface area contributed by atoms with E-state index in [0.717, 1.165) is 97.8 Å². The van der Waals surface area contributed by atoms with Crippen LogP contribution in [0.5, 0.6) is 0 Å². The summed E-state index contributed by atoms with van der Waals surface area (Å²) in [4.78, 5) is 0. The zero-order valence-electron chi connectivity index (χ0n) is 47.3. The first-order valence-corrected chi connectivity index (χ1v) is 35.7. The molecule has 0 fully saturated rings. The molecule has 0 saturated heterocycles. The first kappa shape index (κ1) is 56.1. The summed E-state index contributed by atoms with van der Waals surface area (Å²) in [6, 6.07) is 78.5. The molecule has 0 aliphatic carbocycles. The Labute approximate surface area is 461 Å². The molecule has 0 N–H and O–H groups in total. The third kappa shape index (κ3) is 9.18. The van der Waals surface area contributed by atoms with Crippen LogP contribution in [0.1, 0.15) is 70.8 Å². The fourth-order valence-corrected chi connectivity index (χ4v) is 37.7. The molecular weight excluding hydrogens is 1020 g/mol. The molecule has 0 atom stereocenters. The zero-order chi connectivity index (χ0) is 54.9. The fourth-order valence-electron chi connectivity index (χ4n) is 12.6. The molecule has 0 spiro atoms. The maximum atomic E-state index is 19.7. The van der Waals surface area contributed by atoms with Crippen molar-refractivity contribution in [2.24, 2.45) is 0 Å². The van der Waals surface area contributed by atoms with Gasteiger partial charge >= 0.3 is 464 Å². The van der Waals surface area contributed by atoms with Crippen molar-refractivity contribution >= 4 is 76.1 Å². The molecule has 0 bridgehead atoms. The van der Waals surface area contributed by atoms with Crippen molar-refractivity contribution in [1.29, 1.82) is 0 Å². The maximum absolute atomic E-state index is 19.7. The molecule has 398 valence electrons. The quantitative estimate of drug-likeness (QED) is 0.0803. The van der Waals surface area contributed by atoms with E-state index in [1.54, 1.807) is 0 Å². The Hall–Kier alpha value is -5.62. The van der Waals surface area contributed by atoms with Crippen molar-refractivity contribution in [1.82, 2.24) is 0 Å². The number of hydrogen-bond donors (Lipinski definition) is 0. The van der Waals surface area contributed by atoms with Gasteiger partial charge < -0.3 is 0 Å². The van der Waals surface area contributed by atoms with E-state index in [1.165, 1.54) is 0 Å². The summed E-state index contributed by atoms with van der Waals surface area (Å²) in [6.07, 6.45) is 1.30. The van der Waals surface area contributed by atoms with Crippen LogP contribution >= 0.6 is 28.3 Å². The van der Waals surface area contributed by atoms with Crippen LogP contribution in [-0.2, 0) is 17.5 Å². The van der Waals surface area contributed by atoms with Crippen LogP contribution < -0.4 is 47.7 Å². The van der Waals surface area contributed by atoms with Crippen LogP contribution in [0.3, 0.4) is 0 Å². The van der Waals surface area contributed by atoms with Gasteiger partial charge in [-0.15, -0.1) is 0 Å². The number of hydrogen-bond acceptors (Lipinski definition) is 4. The van der Waals surface area contributed by atoms with Crippen molar-refractivity contribution in [3.8, 4) is 0 Å². The molecule has 0 heterocycles. The fraction of sp³-hybridized carbons (Fsp3) is 0.217. The van der Waals surface area contributed by atoms with E-state index in [0.29, 0.717) is 18.5 Å². The summed E-state index contributed by atoms with van der Waals surface area (Å²) in [6.45, 7) is 11.9. The van der Waals surface area contributed by atoms with E-state index in [-0.39, 0.29) is 0 Å². The first-order valence-electron chi connectivity index (χ1n) is 27.3. The van der Waals surface area contributed by atoms with Gasteiger partial charge in [0.1, 0.15) is 0 Å². The van der Waals surface area contributed by atoms with Gasteiger partial charge in [0, 0.05) is 0 Å². The van der Waals surface area contributed by atoms with Gasteiger partial charge in [0.15, 0.2) is 0 Å². The minimum absolute atomic E-state index is 0.432. The third-order valence-electron chi connectivity index (χ3n) is 16.6. The van der Waals surface area contributed by atoms with E-state index < -0.39 is 28.3 Å². The molecule has 4 nitrogen and oxygen atoms in total. The van der Waals surface area contributed by atoms with Gasteiger partial charge in [-0.3, -0.25) is 0 Å². The van der Waals surface area contributed by atoms with Crippen molar-refractivity contribution < 1.29 is 17.5 Å². The Morgan fingerprint density at radius 2 is 0.390 bits per heavy atom. The van der Waals surface area contributed by atoms with Crippen molar-refractivity contribution in [2.45, 2.75) is 83.1 Å². The van der Waals surface area contributed by atoms with Crippen LogP contribution in [0.2, 0.25) is 0 Å².